The standard InChI is InChI=1S/C36H40N2O4Si/c1-36(2,3)43(4,5)42-37-34(39)29-19-17-26(18-20-29)23-31(25-41-33-16-10-14-28-12-8-9-15-32(28)33)35(40)38-22-21-27-11-6-7-13-30(27)24-38/h6-20,23H,21-22,24-25H2,1-5H3,(H,37,39). The number of fused-ring (bicyclic) bond motifs is 2. The smallest absolute Gasteiger partial charge is 0.273 e. The van der Waals surface area contributed by atoms with Crippen molar-refractivity contribution in [2.45, 2.75) is 51.9 Å². The SMILES string of the molecule is CC(C)(C)[Si](C)(C)ONC(=O)c1ccc(C=C(COc2cccc3ccccc23)C(=O)N2CCc3ccccc3C2)cc1. The molecule has 0 atom stereocenters. The minimum absolute atomic E-state index is 0.0254. The van der Waals surface area contributed by atoms with Gasteiger partial charge in [0.15, 0.2) is 0 Å². The largest absolute Gasteiger partial charge is 0.488 e. The third-order valence-corrected chi connectivity index (χ3v) is 12.8. The molecule has 7 heteroatoms. The summed E-state index contributed by atoms with van der Waals surface area (Å²) in [5.74, 6) is 0.386. The number of amides is 2. The van der Waals surface area contributed by atoms with E-state index in [1.807, 2.05) is 77.7 Å². The number of hydrogen-bond donors (Lipinski definition) is 1. The molecular weight excluding hydrogens is 552 g/mol. The molecule has 2 amide bonds. The van der Waals surface area contributed by atoms with Crippen molar-refractivity contribution in [1.82, 2.24) is 10.4 Å². The third-order valence-electron chi connectivity index (χ3n) is 8.54. The van der Waals surface area contributed by atoms with E-state index < -0.39 is 8.32 Å². The lowest BCUT2D eigenvalue weighted by atomic mass is 9.99. The van der Waals surface area contributed by atoms with Crippen molar-refractivity contribution in [2.24, 2.45) is 0 Å². The van der Waals surface area contributed by atoms with Crippen LogP contribution < -0.4 is 10.2 Å². The van der Waals surface area contributed by atoms with Crippen LogP contribution in [0, 0.1) is 0 Å². The molecule has 43 heavy (non-hydrogen) atoms. The Hall–Kier alpha value is -4.20. The molecule has 4 aromatic rings. The zero-order valence-electron chi connectivity index (χ0n) is 25.6. The van der Waals surface area contributed by atoms with E-state index in [0.717, 1.165) is 28.5 Å². The highest BCUT2D eigenvalue weighted by Gasteiger charge is 2.38. The van der Waals surface area contributed by atoms with Crippen molar-refractivity contribution < 1.29 is 18.9 Å². The van der Waals surface area contributed by atoms with Gasteiger partial charge in [-0.1, -0.05) is 93.6 Å². The lowest BCUT2D eigenvalue weighted by Gasteiger charge is -2.35. The average Bonchev–Trinajstić information content (AvgIpc) is 3.01. The quantitative estimate of drug-likeness (QED) is 0.130. The molecule has 1 N–H and O–H groups in total. The molecule has 1 aliphatic heterocycles. The molecule has 222 valence electrons. The van der Waals surface area contributed by atoms with Crippen LogP contribution in [-0.2, 0) is 22.3 Å². The number of carbonyl (C=O) groups excluding carboxylic acids is 2. The Morgan fingerprint density at radius 1 is 0.884 bits per heavy atom. The van der Waals surface area contributed by atoms with E-state index in [1.54, 1.807) is 12.1 Å². The summed E-state index contributed by atoms with van der Waals surface area (Å²) in [7, 11) is -2.14. The second kappa shape index (κ2) is 12.6. The van der Waals surface area contributed by atoms with Crippen molar-refractivity contribution >= 4 is 37.0 Å². The van der Waals surface area contributed by atoms with E-state index in [-0.39, 0.29) is 23.5 Å². The van der Waals surface area contributed by atoms with E-state index in [4.69, 9.17) is 9.26 Å². The summed E-state index contributed by atoms with van der Waals surface area (Å²) in [6.45, 7) is 11.9. The highest BCUT2D eigenvalue weighted by Crippen LogP contribution is 2.36. The average molecular weight is 593 g/mol. The number of nitrogens with one attached hydrogen (secondary N) is 1. The van der Waals surface area contributed by atoms with Crippen LogP contribution in [0.15, 0.2) is 96.6 Å². The van der Waals surface area contributed by atoms with Gasteiger partial charge in [0.2, 0.25) is 8.32 Å². The van der Waals surface area contributed by atoms with Crippen LogP contribution in [0.5, 0.6) is 5.75 Å². The first kappa shape index (κ1) is 30.3. The Bertz CT molecular complexity index is 1650. The van der Waals surface area contributed by atoms with Crippen molar-refractivity contribution in [3.8, 4) is 5.75 Å². The Morgan fingerprint density at radius 2 is 1.56 bits per heavy atom. The maximum absolute atomic E-state index is 13.9. The molecule has 0 spiro atoms. The number of benzene rings is 4. The van der Waals surface area contributed by atoms with Crippen molar-refractivity contribution in [2.75, 3.05) is 13.2 Å². The molecule has 0 bridgehead atoms. The van der Waals surface area contributed by atoms with E-state index >= 15 is 0 Å². The van der Waals surface area contributed by atoms with Gasteiger partial charge in [0.05, 0.1) is 5.57 Å². The van der Waals surface area contributed by atoms with Crippen LogP contribution in [0.2, 0.25) is 18.1 Å². The second-order valence-corrected chi connectivity index (χ2v) is 17.3. The van der Waals surface area contributed by atoms with Gasteiger partial charge in [-0.2, -0.15) is 0 Å². The first-order valence-corrected chi connectivity index (χ1v) is 17.7. The third kappa shape index (κ3) is 7.07. The zero-order chi connectivity index (χ0) is 30.6. The van der Waals surface area contributed by atoms with Gasteiger partial charge in [0.1, 0.15) is 12.4 Å². The van der Waals surface area contributed by atoms with Crippen LogP contribution in [-0.4, -0.2) is 38.2 Å². The van der Waals surface area contributed by atoms with Crippen LogP contribution in [0.1, 0.15) is 47.8 Å². The van der Waals surface area contributed by atoms with E-state index in [9.17, 15) is 9.59 Å². The number of hydrogen-bond acceptors (Lipinski definition) is 4. The molecule has 0 saturated carbocycles. The van der Waals surface area contributed by atoms with Gasteiger partial charge < -0.3 is 14.2 Å². The second-order valence-electron chi connectivity index (χ2n) is 12.6. The summed E-state index contributed by atoms with van der Waals surface area (Å²) < 4.78 is 12.2. The Morgan fingerprint density at radius 3 is 2.30 bits per heavy atom. The molecule has 0 saturated heterocycles. The van der Waals surface area contributed by atoms with Crippen LogP contribution >= 0.6 is 0 Å². The minimum atomic E-state index is -2.14. The normalized spacial score (nSPS) is 13.9. The number of rotatable bonds is 8. The molecule has 5 rings (SSSR count). The Kier molecular flexibility index (Phi) is 8.85. The summed E-state index contributed by atoms with van der Waals surface area (Å²) >= 11 is 0. The molecule has 6 nitrogen and oxygen atoms in total. The summed E-state index contributed by atoms with van der Waals surface area (Å²) in [5, 5.41) is 2.05. The molecule has 4 aromatic carbocycles. The highest BCUT2D eigenvalue weighted by atomic mass is 28.4. The number of nitrogens with zero attached hydrogens (tertiary/aromatic N) is 1. The van der Waals surface area contributed by atoms with Gasteiger partial charge in [0, 0.05) is 24.0 Å². The van der Waals surface area contributed by atoms with Crippen molar-refractivity contribution in [3.63, 3.8) is 0 Å². The maximum Gasteiger partial charge on any atom is 0.273 e. The van der Waals surface area contributed by atoms with Crippen LogP contribution in [0.25, 0.3) is 16.8 Å². The van der Waals surface area contributed by atoms with E-state index in [2.05, 4.69) is 51.5 Å². The topological polar surface area (TPSA) is 67.9 Å². The summed E-state index contributed by atoms with van der Waals surface area (Å²) in [6.07, 6.45) is 2.68. The fourth-order valence-corrected chi connectivity index (χ4v) is 5.49. The van der Waals surface area contributed by atoms with Crippen molar-refractivity contribution in [1.29, 1.82) is 0 Å². The molecule has 0 aliphatic carbocycles. The summed E-state index contributed by atoms with van der Waals surface area (Å²) in [5.41, 5.74) is 6.96. The summed E-state index contributed by atoms with van der Waals surface area (Å²) in [6, 6.07) is 29.5. The molecule has 0 unspecified atom stereocenters. The van der Waals surface area contributed by atoms with Crippen molar-refractivity contribution in [3.05, 3.63) is 119 Å². The van der Waals surface area contributed by atoms with Gasteiger partial charge in [-0.25, -0.2) is 5.48 Å². The minimum Gasteiger partial charge on any atom is -0.488 e. The van der Waals surface area contributed by atoms with E-state index in [1.165, 1.54) is 11.1 Å². The zero-order valence-corrected chi connectivity index (χ0v) is 26.6. The fourth-order valence-electron chi connectivity index (χ4n) is 4.83. The predicted molar refractivity (Wildman–Crippen MR) is 175 cm³/mol. The number of ether oxygens (including phenoxy) is 1. The monoisotopic (exact) mass is 592 g/mol. The number of hydroxylamine groups is 1. The lowest BCUT2D eigenvalue weighted by molar-refractivity contribution is -0.128. The van der Waals surface area contributed by atoms with E-state index in [0.29, 0.717) is 24.2 Å². The molecular formula is C36H40N2O4Si. The highest BCUT2D eigenvalue weighted by molar-refractivity contribution is 6.74. The number of carbonyl (C=O) groups is 2. The van der Waals surface area contributed by atoms with Crippen LogP contribution in [0.3, 0.4) is 0 Å². The first-order chi connectivity index (χ1) is 20.5. The predicted octanol–water partition coefficient (Wildman–Crippen LogP) is 7.55. The summed E-state index contributed by atoms with van der Waals surface area (Å²) in [4.78, 5) is 28.6. The van der Waals surface area contributed by atoms with Gasteiger partial charge in [-0.05, 0) is 70.9 Å². The fraction of sp³-hybridized carbons (Fsp3) is 0.278. The Balaban J connectivity index is 1.37. The molecule has 0 radical (unpaired) electrons. The van der Waals surface area contributed by atoms with Gasteiger partial charge >= 0.3 is 0 Å². The maximum atomic E-state index is 13.9. The molecule has 1 aliphatic rings. The van der Waals surface area contributed by atoms with Gasteiger partial charge in [-0.15, -0.1) is 0 Å². The molecule has 1 heterocycles. The first-order valence-electron chi connectivity index (χ1n) is 14.8. The molecule has 0 aromatic heterocycles. The van der Waals surface area contributed by atoms with Gasteiger partial charge in [-0.3, -0.25) is 9.59 Å². The lowest BCUT2D eigenvalue weighted by Crippen LogP contribution is -2.46. The Labute approximate surface area is 255 Å². The van der Waals surface area contributed by atoms with Gasteiger partial charge in [0.25, 0.3) is 11.8 Å². The molecule has 0 fully saturated rings. The van der Waals surface area contributed by atoms with Crippen LogP contribution in [0.4, 0.5) is 0 Å².